The Morgan fingerprint density at radius 2 is 2.12 bits per heavy atom. The van der Waals surface area contributed by atoms with Crippen LogP contribution in [0.2, 0.25) is 0 Å². The van der Waals surface area contributed by atoms with Crippen molar-refractivity contribution in [2.45, 2.75) is 30.6 Å². The van der Waals surface area contributed by atoms with Crippen LogP contribution in [0, 0.1) is 0 Å². The number of aromatic nitrogens is 4. The van der Waals surface area contributed by atoms with E-state index in [1.54, 1.807) is 0 Å². The van der Waals surface area contributed by atoms with E-state index >= 15 is 0 Å². The van der Waals surface area contributed by atoms with Crippen LogP contribution in [0.5, 0.6) is 0 Å². The van der Waals surface area contributed by atoms with Crippen molar-refractivity contribution in [3.63, 3.8) is 0 Å². The second-order valence-electron chi connectivity index (χ2n) is 5.52. The lowest BCUT2D eigenvalue weighted by Gasteiger charge is -2.42. The number of fused-ring (bicyclic) bond motifs is 1. The highest BCUT2D eigenvalue weighted by molar-refractivity contribution is 5.82. The van der Waals surface area contributed by atoms with Gasteiger partial charge in [-0.15, -0.1) is 0 Å². The van der Waals surface area contributed by atoms with Crippen LogP contribution in [-0.4, -0.2) is 84.9 Å². The van der Waals surface area contributed by atoms with Gasteiger partial charge >= 0.3 is 0 Å². The first-order valence-corrected chi connectivity index (χ1v) is 7.57. The van der Waals surface area contributed by atoms with E-state index in [0.717, 1.165) is 0 Å². The number of carbonyl (C=O) groups is 1. The molecule has 5 atom stereocenters. The molecule has 1 aliphatic heterocycles. The van der Waals surface area contributed by atoms with Gasteiger partial charge in [0.25, 0.3) is 0 Å². The van der Waals surface area contributed by atoms with Gasteiger partial charge in [-0.2, -0.15) is 0 Å². The number of aromatic amines is 1. The standard InChI is InChI=1S/C13H19N7O5/c14-1-6(22)19-7-5(2-21)25-13(10(24)9(7)23)20-12-8-11(16-3-15-8)17-4-18-12/h3-5,7,9-10,13,21,23-24H,1-2,14H2,(H,19,22)(H2,15,16,17,18,20)/t5-,7-,9+,10-,13+/m0/s1. The highest BCUT2D eigenvalue weighted by atomic mass is 16.5. The van der Waals surface area contributed by atoms with E-state index in [-0.39, 0.29) is 6.54 Å². The summed E-state index contributed by atoms with van der Waals surface area (Å²) < 4.78 is 5.58. The second-order valence-corrected chi connectivity index (χ2v) is 5.52. The molecule has 12 heteroatoms. The zero-order chi connectivity index (χ0) is 18.0. The Morgan fingerprint density at radius 1 is 1.32 bits per heavy atom. The third-order valence-electron chi connectivity index (χ3n) is 3.94. The Morgan fingerprint density at radius 3 is 2.84 bits per heavy atom. The molecule has 1 aliphatic rings. The van der Waals surface area contributed by atoms with E-state index in [9.17, 15) is 20.1 Å². The minimum atomic E-state index is -1.40. The summed E-state index contributed by atoms with van der Waals surface area (Å²) in [6, 6.07) is -1.01. The fraction of sp³-hybridized carbons (Fsp3) is 0.538. The summed E-state index contributed by atoms with van der Waals surface area (Å²) in [7, 11) is 0. The smallest absolute Gasteiger partial charge is 0.234 e. The molecule has 8 N–H and O–H groups in total. The lowest BCUT2D eigenvalue weighted by Crippen LogP contribution is -2.66. The van der Waals surface area contributed by atoms with Crippen LogP contribution < -0.4 is 16.4 Å². The summed E-state index contributed by atoms with van der Waals surface area (Å²) in [5.74, 6) is -0.237. The maximum Gasteiger partial charge on any atom is 0.234 e. The molecule has 3 heterocycles. The van der Waals surface area contributed by atoms with Crippen molar-refractivity contribution in [2.75, 3.05) is 18.5 Å². The van der Waals surface area contributed by atoms with E-state index in [4.69, 9.17) is 10.5 Å². The van der Waals surface area contributed by atoms with Crippen molar-refractivity contribution in [2.24, 2.45) is 5.73 Å². The van der Waals surface area contributed by atoms with Crippen LogP contribution in [0.4, 0.5) is 5.82 Å². The van der Waals surface area contributed by atoms with Crippen molar-refractivity contribution >= 4 is 22.9 Å². The Labute approximate surface area is 141 Å². The Hall–Kier alpha value is -2.38. The number of anilines is 1. The fourth-order valence-corrected chi connectivity index (χ4v) is 2.67. The van der Waals surface area contributed by atoms with Crippen LogP contribution in [0.3, 0.4) is 0 Å². The number of carbonyl (C=O) groups excluding carboxylic acids is 1. The number of amides is 1. The quantitative estimate of drug-likeness (QED) is 0.286. The fourth-order valence-electron chi connectivity index (χ4n) is 2.67. The van der Waals surface area contributed by atoms with Crippen LogP contribution in [0.25, 0.3) is 11.2 Å². The maximum atomic E-state index is 11.5. The molecule has 0 radical (unpaired) electrons. The van der Waals surface area contributed by atoms with Gasteiger partial charge in [0.05, 0.1) is 25.5 Å². The van der Waals surface area contributed by atoms with Crippen LogP contribution in [0.1, 0.15) is 0 Å². The van der Waals surface area contributed by atoms with E-state index in [2.05, 4.69) is 30.6 Å². The molecule has 1 amide bonds. The van der Waals surface area contributed by atoms with Gasteiger partial charge in [0.2, 0.25) is 5.91 Å². The number of nitrogens with one attached hydrogen (secondary N) is 3. The molecule has 25 heavy (non-hydrogen) atoms. The van der Waals surface area contributed by atoms with E-state index in [1.165, 1.54) is 12.7 Å². The SMILES string of the molecule is NCC(=O)N[C@@H]1[C@@H](O)[C@H](O)[C@H](Nc2ncnc3nc[nH]c23)O[C@H]1CO. The largest absolute Gasteiger partial charge is 0.394 e. The lowest BCUT2D eigenvalue weighted by atomic mass is 9.95. The minimum absolute atomic E-state index is 0.294. The van der Waals surface area contributed by atoms with Gasteiger partial charge in [-0.1, -0.05) is 0 Å². The lowest BCUT2D eigenvalue weighted by molar-refractivity contribution is -0.185. The van der Waals surface area contributed by atoms with Crippen LogP contribution >= 0.6 is 0 Å². The van der Waals surface area contributed by atoms with E-state index < -0.39 is 43.1 Å². The third-order valence-corrected chi connectivity index (χ3v) is 3.94. The van der Waals surface area contributed by atoms with Gasteiger partial charge in [-0.3, -0.25) is 4.79 Å². The molecule has 2 aromatic heterocycles. The van der Waals surface area contributed by atoms with Crippen molar-refractivity contribution in [3.8, 4) is 0 Å². The molecule has 136 valence electrons. The molecular formula is C13H19N7O5. The highest BCUT2D eigenvalue weighted by Crippen LogP contribution is 2.24. The number of aliphatic hydroxyl groups is 3. The molecule has 1 fully saturated rings. The maximum absolute atomic E-state index is 11.5. The first kappa shape index (κ1) is 17.4. The molecule has 0 spiro atoms. The van der Waals surface area contributed by atoms with E-state index in [1.807, 2.05) is 0 Å². The average Bonchev–Trinajstić information content (AvgIpc) is 3.10. The number of hydrogen-bond acceptors (Lipinski definition) is 10. The molecule has 3 rings (SSSR count). The van der Waals surface area contributed by atoms with Crippen LogP contribution in [-0.2, 0) is 9.53 Å². The summed E-state index contributed by atoms with van der Waals surface area (Å²) >= 11 is 0. The monoisotopic (exact) mass is 353 g/mol. The molecule has 1 saturated heterocycles. The summed E-state index contributed by atoms with van der Waals surface area (Å²) in [5.41, 5.74) is 6.14. The molecule has 2 aromatic rings. The highest BCUT2D eigenvalue weighted by Gasteiger charge is 2.45. The van der Waals surface area contributed by atoms with Crippen molar-refractivity contribution in [1.82, 2.24) is 25.3 Å². The van der Waals surface area contributed by atoms with Crippen molar-refractivity contribution in [3.05, 3.63) is 12.7 Å². The number of nitrogens with two attached hydrogens (primary N) is 1. The predicted octanol–water partition coefficient (Wildman–Crippen LogP) is -3.35. The Bertz CT molecular complexity index is 738. The van der Waals surface area contributed by atoms with Gasteiger partial charge in [-0.05, 0) is 0 Å². The van der Waals surface area contributed by atoms with E-state index in [0.29, 0.717) is 17.0 Å². The Kier molecular flexibility index (Phi) is 5.06. The molecule has 0 unspecified atom stereocenters. The van der Waals surface area contributed by atoms with Gasteiger partial charge in [0.15, 0.2) is 17.7 Å². The predicted molar refractivity (Wildman–Crippen MR) is 84.1 cm³/mol. The van der Waals surface area contributed by atoms with Gasteiger partial charge in [0, 0.05) is 0 Å². The summed E-state index contributed by atoms with van der Waals surface area (Å²) in [4.78, 5) is 26.3. The number of nitrogens with zero attached hydrogens (tertiary/aromatic N) is 3. The topological polar surface area (TPSA) is 192 Å². The number of ether oxygens (including phenoxy) is 1. The first-order valence-electron chi connectivity index (χ1n) is 7.57. The molecule has 0 bridgehead atoms. The number of hydrogen-bond donors (Lipinski definition) is 7. The third kappa shape index (κ3) is 3.38. The number of imidazole rings is 1. The zero-order valence-corrected chi connectivity index (χ0v) is 13.0. The summed E-state index contributed by atoms with van der Waals surface area (Å²) in [6.07, 6.45) is -2.11. The molecule has 0 saturated carbocycles. The summed E-state index contributed by atoms with van der Waals surface area (Å²) in [6.45, 7) is -0.779. The first-order chi connectivity index (χ1) is 12.0. The Balaban J connectivity index is 1.79. The second kappa shape index (κ2) is 7.25. The number of rotatable bonds is 5. The zero-order valence-electron chi connectivity index (χ0n) is 13.0. The molecular weight excluding hydrogens is 334 g/mol. The summed E-state index contributed by atoms with van der Waals surface area (Å²) in [5, 5.41) is 35.4. The molecule has 0 aromatic carbocycles. The van der Waals surface area contributed by atoms with Crippen LogP contribution in [0.15, 0.2) is 12.7 Å². The van der Waals surface area contributed by atoms with Gasteiger partial charge in [-0.25, -0.2) is 15.0 Å². The van der Waals surface area contributed by atoms with Crippen molar-refractivity contribution < 1.29 is 24.9 Å². The number of aliphatic hydroxyl groups excluding tert-OH is 3. The molecule has 12 nitrogen and oxygen atoms in total. The normalized spacial score (nSPS) is 29.5. The van der Waals surface area contributed by atoms with Crippen molar-refractivity contribution in [1.29, 1.82) is 0 Å². The number of H-pyrrole nitrogens is 1. The molecule has 0 aliphatic carbocycles. The minimum Gasteiger partial charge on any atom is -0.394 e. The van der Waals surface area contributed by atoms with Gasteiger partial charge in [0.1, 0.15) is 30.2 Å². The average molecular weight is 353 g/mol. The van der Waals surface area contributed by atoms with Gasteiger partial charge < -0.3 is 41.4 Å².